The SMILES string of the molecule is COC(C)(C)COC1COc2cc(F)ccc2C1C=Nc1ncnc2[nH]c(C(F)(F)F)cc12. The molecule has 0 radical (unpaired) electrons. The highest BCUT2D eigenvalue weighted by atomic mass is 19.4. The number of alkyl halides is 3. The molecule has 2 aromatic heterocycles. The van der Waals surface area contributed by atoms with E-state index in [1.54, 1.807) is 13.2 Å². The Morgan fingerprint density at radius 2 is 2.03 bits per heavy atom. The lowest BCUT2D eigenvalue weighted by Gasteiger charge is -2.33. The Morgan fingerprint density at radius 1 is 1.24 bits per heavy atom. The van der Waals surface area contributed by atoms with E-state index in [0.29, 0.717) is 11.3 Å². The fraction of sp³-hybridized carbons (Fsp3) is 0.409. The van der Waals surface area contributed by atoms with Crippen LogP contribution in [-0.2, 0) is 15.7 Å². The summed E-state index contributed by atoms with van der Waals surface area (Å²) in [6, 6.07) is 5.07. The number of nitrogens with zero attached hydrogens (tertiary/aromatic N) is 3. The van der Waals surface area contributed by atoms with Crippen molar-refractivity contribution in [2.75, 3.05) is 20.3 Å². The molecule has 0 spiro atoms. The Labute approximate surface area is 186 Å². The Morgan fingerprint density at radius 3 is 2.76 bits per heavy atom. The molecule has 176 valence electrons. The van der Waals surface area contributed by atoms with E-state index in [1.165, 1.54) is 18.3 Å². The smallest absolute Gasteiger partial charge is 0.431 e. The second-order valence-electron chi connectivity index (χ2n) is 8.25. The maximum absolute atomic E-state index is 13.7. The predicted molar refractivity (Wildman–Crippen MR) is 113 cm³/mol. The molecule has 1 aromatic carbocycles. The summed E-state index contributed by atoms with van der Waals surface area (Å²) in [5.41, 5.74) is -0.831. The van der Waals surface area contributed by atoms with E-state index in [1.807, 2.05) is 13.8 Å². The first-order valence-corrected chi connectivity index (χ1v) is 10.1. The van der Waals surface area contributed by atoms with E-state index in [-0.39, 0.29) is 30.1 Å². The molecule has 2 atom stereocenters. The molecule has 3 aromatic rings. The van der Waals surface area contributed by atoms with Crippen LogP contribution in [0.5, 0.6) is 5.75 Å². The van der Waals surface area contributed by atoms with Crippen LogP contribution in [0.1, 0.15) is 31.0 Å². The van der Waals surface area contributed by atoms with Gasteiger partial charge in [0.2, 0.25) is 0 Å². The first-order valence-electron chi connectivity index (χ1n) is 10.1. The van der Waals surface area contributed by atoms with Crippen LogP contribution in [0.2, 0.25) is 0 Å². The van der Waals surface area contributed by atoms with Gasteiger partial charge in [0.15, 0.2) is 5.82 Å². The summed E-state index contributed by atoms with van der Waals surface area (Å²) < 4.78 is 70.2. The van der Waals surface area contributed by atoms with Gasteiger partial charge >= 0.3 is 6.18 Å². The number of hydrogen-bond donors (Lipinski definition) is 1. The molecule has 11 heteroatoms. The highest BCUT2D eigenvalue weighted by Crippen LogP contribution is 2.37. The molecule has 7 nitrogen and oxygen atoms in total. The molecular weight excluding hydrogens is 444 g/mol. The Bertz CT molecular complexity index is 1180. The largest absolute Gasteiger partial charge is 0.490 e. The first-order chi connectivity index (χ1) is 15.6. The molecule has 0 aliphatic carbocycles. The maximum Gasteiger partial charge on any atom is 0.431 e. The zero-order valence-electron chi connectivity index (χ0n) is 18.1. The summed E-state index contributed by atoms with van der Waals surface area (Å²) in [6.45, 7) is 4.12. The van der Waals surface area contributed by atoms with Gasteiger partial charge in [0.1, 0.15) is 41.9 Å². The van der Waals surface area contributed by atoms with Crippen molar-refractivity contribution in [3.63, 3.8) is 0 Å². The van der Waals surface area contributed by atoms with Crippen molar-refractivity contribution in [1.82, 2.24) is 15.0 Å². The van der Waals surface area contributed by atoms with Crippen molar-refractivity contribution in [3.8, 4) is 5.75 Å². The monoisotopic (exact) mass is 466 g/mol. The summed E-state index contributed by atoms with van der Waals surface area (Å²) >= 11 is 0. The van der Waals surface area contributed by atoms with Crippen LogP contribution in [0.25, 0.3) is 11.0 Å². The van der Waals surface area contributed by atoms with Gasteiger partial charge in [-0.25, -0.2) is 19.4 Å². The summed E-state index contributed by atoms with van der Waals surface area (Å²) in [4.78, 5) is 14.5. The zero-order valence-corrected chi connectivity index (χ0v) is 18.1. The third kappa shape index (κ3) is 4.98. The highest BCUT2D eigenvalue weighted by Gasteiger charge is 2.34. The van der Waals surface area contributed by atoms with Gasteiger partial charge in [-0.1, -0.05) is 6.07 Å². The van der Waals surface area contributed by atoms with E-state index < -0.39 is 35.3 Å². The Balaban J connectivity index is 1.69. The second kappa shape index (κ2) is 8.71. The van der Waals surface area contributed by atoms with Gasteiger partial charge in [0.05, 0.1) is 23.5 Å². The molecule has 2 unspecified atom stereocenters. The third-order valence-corrected chi connectivity index (χ3v) is 5.40. The number of rotatable bonds is 6. The summed E-state index contributed by atoms with van der Waals surface area (Å²) in [7, 11) is 1.57. The molecule has 0 bridgehead atoms. The van der Waals surface area contributed by atoms with Crippen LogP contribution in [0.3, 0.4) is 0 Å². The van der Waals surface area contributed by atoms with Gasteiger partial charge in [-0.05, 0) is 26.0 Å². The highest BCUT2D eigenvalue weighted by molar-refractivity contribution is 5.88. The number of ether oxygens (including phenoxy) is 3. The minimum absolute atomic E-state index is 0.0218. The number of aromatic nitrogens is 3. The molecule has 0 fully saturated rings. The van der Waals surface area contributed by atoms with Gasteiger partial charge in [-0.2, -0.15) is 13.2 Å². The third-order valence-electron chi connectivity index (χ3n) is 5.40. The molecule has 1 aliphatic rings. The van der Waals surface area contributed by atoms with Crippen LogP contribution in [0, 0.1) is 5.82 Å². The fourth-order valence-electron chi connectivity index (χ4n) is 3.41. The molecule has 1 N–H and O–H groups in total. The lowest BCUT2D eigenvalue weighted by Crippen LogP contribution is -2.39. The number of H-pyrrole nitrogens is 1. The molecule has 33 heavy (non-hydrogen) atoms. The van der Waals surface area contributed by atoms with Crippen molar-refractivity contribution in [1.29, 1.82) is 0 Å². The topological polar surface area (TPSA) is 81.6 Å². The Kier molecular flexibility index (Phi) is 6.10. The summed E-state index contributed by atoms with van der Waals surface area (Å²) in [5.74, 6) is -0.495. The van der Waals surface area contributed by atoms with Crippen molar-refractivity contribution in [2.45, 2.75) is 37.6 Å². The van der Waals surface area contributed by atoms with E-state index in [4.69, 9.17) is 14.2 Å². The van der Waals surface area contributed by atoms with Crippen LogP contribution in [0.4, 0.5) is 23.4 Å². The van der Waals surface area contributed by atoms with E-state index in [9.17, 15) is 17.6 Å². The van der Waals surface area contributed by atoms with Gasteiger partial charge < -0.3 is 19.2 Å². The molecule has 3 heterocycles. The number of methoxy groups -OCH3 is 1. The van der Waals surface area contributed by atoms with Crippen molar-refractivity contribution in [2.24, 2.45) is 4.99 Å². The minimum atomic E-state index is -4.56. The van der Waals surface area contributed by atoms with Crippen LogP contribution in [-0.4, -0.2) is 53.2 Å². The predicted octanol–water partition coefficient (Wildman–Crippen LogP) is 4.80. The standard InChI is InChI=1S/C22H22F4N4O3/c1-21(2,31-3)10-33-17-9-32-16-6-12(23)4-5-13(16)15(17)8-27-19-14-7-18(22(24,25)26)30-20(14)29-11-28-19/h4-8,11,15,17H,9-10H2,1-3H3,(H,28,29,30). The number of halogens is 4. The van der Waals surface area contributed by atoms with Gasteiger partial charge in [0, 0.05) is 25.0 Å². The number of hydrogen-bond acceptors (Lipinski definition) is 6. The van der Waals surface area contributed by atoms with Crippen molar-refractivity contribution in [3.05, 3.63) is 47.7 Å². The zero-order chi connectivity index (χ0) is 23.8. The van der Waals surface area contributed by atoms with Gasteiger partial charge in [-0.3, -0.25) is 0 Å². The number of aromatic amines is 1. The number of nitrogens with one attached hydrogen (secondary N) is 1. The normalized spacial score (nSPS) is 19.1. The lowest BCUT2D eigenvalue weighted by atomic mass is 9.91. The number of aliphatic imine (C=N–C) groups is 1. The number of fused-ring (bicyclic) bond motifs is 2. The van der Waals surface area contributed by atoms with Crippen molar-refractivity contribution >= 4 is 23.1 Å². The van der Waals surface area contributed by atoms with Crippen LogP contribution in [0.15, 0.2) is 35.6 Å². The molecular formula is C22H22F4N4O3. The van der Waals surface area contributed by atoms with Gasteiger partial charge in [-0.15, -0.1) is 0 Å². The molecule has 0 saturated heterocycles. The molecule has 0 saturated carbocycles. The average molecular weight is 466 g/mol. The fourth-order valence-corrected chi connectivity index (χ4v) is 3.41. The average Bonchev–Trinajstić information content (AvgIpc) is 3.22. The first kappa shape index (κ1) is 23.1. The second-order valence-corrected chi connectivity index (χ2v) is 8.25. The van der Waals surface area contributed by atoms with Gasteiger partial charge in [0.25, 0.3) is 0 Å². The van der Waals surface area contributed by atoms with Crippen LogP contribution < -0.4 is 4.74 Å². The maximum atomic E-state index is 13.7. The van der Waals surface area contributed by atoms with Crippen LogP contribution >= 0.6 is 0 Å². The van der Waals surface area contributed by atoms with Crippen molar-refractivity contribution < 1.29 is 31.8 Å². The minimum Gasteiger partial charge on any atom is -0.490 e. The lowest BCUT2D eigenvalue weighted by molar-refractivity contribution is -0.140. The Hall–Kier alpha value is -3.05. The summed E-state index contributed by atoms with van der Waals surface area (Å²) in [6.07, 6.45) is -2.38. The quantitative estimate of drug-likeness (QED) is 0.417. The van der Waals surface area contributed by atoms with E-state index >= 15 is 0 Å². The van der Waals surface area contributed by atoms with E-state index in [0.717, 1.165) is 12.4 Å². The molecule has 0 amide bonds. The van der Waals surface area contributed by atoms with E-state index in [2.05, 4.69) is 19.9 Å². The summed E-state index contributed by atoms with van der Waals surface area (Å²) in [5, 5.41) is 0.130. The molecule has 1 aliphatic heterocycles. The number of benzene rings is 1. The molecule has 4 rings (SSSR count).